The highest BCUT2D eigenvalue weighted by molar-refractivity contribution is 14.0. The van der Waals surface area contributed by atoms with Crippen molar-refractivity contribution in [2.75, 3.05) is 32.7 Å². The lowest BCUT2D eigenvalue weighted by Crippen LogP contribution is -2.49. The fourth-order valence-corrected chi connectivity index (χ4v) is 4.13. The van der Waals surface area contributed by atoms with Crippen molar-refractivity contribution in [2.45, 2.75) is 70.9 Å². The molecule has 4 N–H and O–H groups in total. The number of carbonyl (C=O) groups is 1. The van der Waals surface area contributed by atoms with Crippen LogP contribution in [0.25, 0.3) is 0 Å². The topological polar surface area (TPSA) is 113 Å². The first-order chi connectivity index (χ1) is 14.2. The SMILES string of the molecule is CCNC(=NCCCc1nnc2n1CCCCC2)NC1CCN(CC(N)=O)CC1.I. The maximum absolute atomic E-state index is 11.1. The van der Waals surface area contributed by atoms with Crippen molar-refractivity contribution in [1.82, 2.24) is 30.3 Å². The number of halogens is 1. The summed E-state index contributed by atoms with van der Waals surface area (Å²) in [4.78, 5) is 17.9. The summed E-state index contributed by atoms with van der Waals surface area (Å²) in [6.45, 7) is 6.86. The van der Waals surface area contributed by atoms with E-state index in [1.807, 2.05) is 0 Å². The van der Waals surface area contributed by atoms with Crippen LogP contribution in [0.1, 0.15) is 57.1 Å². The average molecular weight is 532 g/mol. The normalized spacial score (nSPS) is 18.2. The molecule has 170 valence electrons. The predicted molar refractivity (Wildman–Crippen MR) is 129 cm³/mol. The summed E-state index contributed by atoms with van der Waals surface area (Å²) < 4.78 is 2.32. The number of hydrogen-bond donors (Lipinski definition) is 3. The molecule has 0 aliphatic carbocycles. The van der Waals surface area contributed by atoms with E-state index in [4.69, 9.17) is 10.7 Å². The van der Waals surface area contributed by atoms with Crippen LogP contribution in [0.4, 0.5) is 0 Å². The van der Waals surface area contributed by atoms with Gasteiger partial charge in [-0.15, -0.1) is 34.2 Å². The first-order valence-electron chi connectivity index (χ1n) is 11.1. The van der Waals surface area contributed by atoms with Crippen LogP contribution in [0.2, 0.25) is 0 Å². The number of carbonyl (C=O) groups excluding carboxylic acids is 1. The van der Waals surface area contributed by atoms with Gasteiger partial charge in [0, 0.05) is 51.6 Å². The van der Waals surface area contributed by atoms with Crippen LogP contribution in [0.3, 0.4) is 0 Å². The zero-order valence-corrected chi connectivity index (χ0v) is 20.4. The number of aromatic nitrogens is 3. The molecule has 1 saturated heterocycles. The Hall–Kier alpha value is -1.43. The van der Waals surface area contributed by atoms with E-state index < -0.39 is 0 Å². The van der Waals surface area contributed by atoms with Gasteiger partial charge in [-0.2, -0.15) is 0 Å². The molecule has 0 bridgehead atoms. The van der Waals surface area contributed by atoms with E-state index in [0.29, 0.717) is 12.6 Å². The number of likely N-dealkylation sites (tertiary alicyclic amines) is 1. The Morgan fingerprint density at radius 1 is 1.20 bits per heavy atom. The average Bonchev–Trinajstić information content (AvgIpc) is 2.92. The van der Waals surface area contributed by atoms with Gasteiger partial charge in [0.25, 0.3) is 0 Å². The fourth-order valence-electron chi connectivity index (χ4n) is 4.13. The van der Waals surface area contributed by atoms with Crippen LogP contribution in [-0.4, -0.2) is 70.3 Å². The number of nitrogens with zero attached hydrogens (tertiary/aromatic N) is 5. The van der Waals surface area contributed by atoms with Crippen molar-refractivity contribution in [3.05, 3.63) is 11.6 Å². The second kappa shape index (κ2) is 13.1. The van der Waals surface area contributed by atoms with Crippen LogP contribution in [0.15, 0.2) is 4.99 Å². The third kappa shape index (κ3) is 7.68. The smallest absolute Gasteiger partial charge is 0.231 e. The number of nitrogens with two attached hydrogens (primary N) is 1. The number of amides is 1. The first kappa shape index (κ1) is 24.8. The van der Waals surface area contributed by atoms with Crippen molar-refractivity contribution in [1.29, 1.82) is 0 Å². The molecule has 1 aromatic heterocycles. The van der Waals surface area contributed by atoms with Crippen LogP contribution >= 0.6 is 24.0 Å². The number of primary amides is 1. The number of nitrogens with one attached hydrogen (secondary N) is 2. The quantitative estimate of drug-likeness (QED) is 0.200. The van der Waals surface area contributed by atoms with Gasteiger partial charge in [-0.25, -0.2) is 0 Å². The van der Waals surface area contributed by atoms with Crippen molar-refractivity contribution >= 4 is 35.8 Å². The summed E-state index contributed by atoms with van der Waals surface area (Å²) in [6, 6.07) is 0.379. The monoisotopic (exact) mass is 532 g/mol. The largest absolute Gasteiger partial charge is 0.369 e. The van der Waals surface area contributed by atoms with E-state index in [0.717, 1.165) is 82.4 Å². The van der Waals surface area contributed by atoms with Gasteiger partial charge in [0.05, 0.1) is 6.54 Å². The van der Waals surface area contributed by atoms with Crippen LogP contribution < -0.4 is 16.4 Å². The molecule has 0 atom stereocenters. The Labute approximate surface area is 196 Å². The standard InChI is InChI=1S/C20H36N8O.HI/c1-2-22-20(24-16-9-13-27(14-10-16)15-17(21)29)23-11-6-8-19-26-25-18-7-4-3-5-12-28(18)19;/h16H,2-15H2,1H3,(H2,21,29)(H2,22,23,24);1H. The lowest BCUT2D eigenvalue weighted by atomic mass is 10.1. The Morgan fingerprint density at radius 3 is 2.73 bits per heavy atom. The zero-order valence-electron chi connectivity index (χ0n) is 18.1. The van der Waals surface area contributed by atoms with Gasteiger partial charge in [-0.3, -0.25) is 14.7 Å². The van der Waals surface area contributed by atoms with Crippen molar-refractivity contribution < 1.29 is 4.79 Å². The van der Waals surface area contributed by atoms with E-state index >= 15 is 0 Å². The highest BCUT2D eigenvalue weighted by Gasteiger charge is 2.21. The molecule has 0 spiro atoms. The van der Waals surface area contributed by atoms with Gasteiger partial charge < -0.3 is 20.9 Å². The van der Waals surface area contributed by atoms with E-state index in [-0.39, 0.29) is 29.9 Å². The van der Waals surface area contributed by atoms with Crippen LogP contribution in [0.5, 0.6) is 0 Å². The van der Waals surface area contributed by atoms with Gasteiger partial charge >= 0.3 is 0 Å². The minimum atomic E-state index is -0.254. The molecular weight excluding hydrogens is 495 g/mol. The molecular formula is C20H37IN8O. The molecule has 0 radical (unpaired) electrons. The highest BCUT2D eigenvalue weighted by atomic mass is 127. The van der Waals surface area contributed by atoms with Crippen molar-refractivity contribution in [3.8, 4) is 0 Å². The first-order valence-corrected chi connectivity index (χ1v) is 11.1. The molecule has 0 unspecified atom stereocenters. The maximum atomic E-state index is 11.1. The summed E-state index contributed by atoms with van der Waals surface area (Å²) in [5, 5.41) is 15.7. The minimum Gasteiger partial charge on any atom is -0.369 e. The molecule has 0 aromatic carbocycles. The highest BCUT2D eigenvalue weighted by Crippen LogP contribution is 2.15. The Morgan fingerprint density at radius 2 is 2.00 bits per heavy atom. The molecule has 1 aromatic rings. The Balaban J connectivity index is 0.00000320. The number of guanidine groups is 1. The molecule has 3 rings (SSSR count). The Bertz CT molecular complexity index is 684. The molecule has 9 nitrogen and oxygen atoms in total. The van der Waals surface area contributed by atoms with Crippen LogP contribution in [-0.2, 0) is 24.2 Å². The van der Waals surface area contributed by atoms with Crippen LogP contribution in [0, 0.1) is 0 Å². The predicted octanol–water partition coefficient (Wildman–Crippen LogP) is 1.06. The number of aliphatic imine (C=N–C) groups is 1. The second-order valence-electron chi connectivity index (χ2n) is 8.02. The third-order valence-corrected chi connectivity index (χ3v) is 5.67. The molecule has 3 heterocycles. The zero-order chi connectivity index (χ0) is 20.5. The summed E-state index contributed by atoms with van der Waals surface area (Å²) in [5.74, 6) is 2.88. The second-order valence-corrected chi connectivity index (χ2v) is 8.02. The summed E-state index contributed by atoms with van der Waals surface area (Å²) in [6.07, 6.45) is 8.65. The molecule has 1 amide bonds. The van der Waals surface area contributed by atoms with Gasteiger partial charge in [-0.1, -0.05) is 6.42 Å². The Kier molecular flexibility index (Phi) is 10.8. The van der Waals surface area contributed by atoms with Gasteiger partial charge in [0.2, 0.25) is 5.91 Å². The lowest BCUT2D eigenvalue weighted by molar-refractivity contribution is -0.119. The molecule has 2 aliphatic heterocycles. The van der Waals surface area contributed by atoms with E-state index in [9.17, 15) is 4.79 Å². The molecule has 2 aliphatic rings. The van der Waals surface area contributed by atoms with Gasteiger partial charge in [0.15, 0.2) is 5.96 Å². The number of aryl methyl sites for hydroxylation is 2. The van der Waals surface area contributed by atoms with E-state index in [1.54, 1.807) is 0 Å². The molecule has 30 heavy (non-hydrogen) atoms. The molecule has 1 fully saturated rings. The van der Waals surface area contributed by atoms with E-state index in [1.165, 1.54) is 19.3 Å². The number of hydrogen-bond acceptors (Lipinski definition) is 5. The summed E-state index contributed by atoms with van der Waals surface area (Å²) >= 11 is 0. The lowest BCUT2D eigenvalue weighted by Gasteiger charge is -2.32. The maximum Gasteiger partial charge on any atom is 0.231 e. The summed E-state index contributed by atoms with van der Waals surface area (Å²) in [5.41, 5.74) is 5.29. The van der Waals surface area contributed by atoms with E-state index in [2.05, 4.69) is 37.2 Å². The third-order valence-electron chi connectivity index (χ3n) is 5.67. The van der Waals surface area contributed by atoms with Crippen molar-refractivity contribution in [2.24, 2.45) is 10.7 Å². The van der Waals surface area contributed by atoms with Gasteiger partial charge in [-0.05, 0) is 39.0 Å². The summed E-state index contributed by atoms with van der Waals surface area (Å²) in [7, 11) is 0. The number of rotatable bonds is 8. The number of piperidine rings is 1. The van der Waals surface area contributed by atoms with Crippen molar-refractivity contribution in [3.63, 3.8) is 0 Å². The number of fused-ring (bicyclic) bond motifs is 1. The molecule has 10 heteroatoms. The fraction of sp³-hybridized carbons (Fsp3) is 0.800. The minimum absolute atomic E-state index is 0. The molecule has 0 saturated carbocycles. The van der Waals surface area contributed by atoms with Gasteiger partial charge in [0.1, 0.15) is 11.6 Å².